The molecule has 0 radical (unpaired) electrons. The summed E-state index contributed by atoms with van der Waals surface area (Å²) in [6.45, 7) is 1.35. The molecule has 0 aliphatic heterocycles. The minimum Gasteiger partial charge on any atom is -0.435 e. The molecular weight excluding hydrogens is 452 g/mol. The van der Waals surface area contributed by atoms with Crippen molar-refractivity contribution in [2.45, 2.75) is 27.0 Å². The number of benzene rings is 2. The maximum absolute atomic E-state index is 12.8. The second-order valence-corrected chi connectivity index (χ2v) is 7.79. The van der Waals surface area contributed by atoms with Gasteiger partial charge in [-0.25, -0.2) is 0 Å². The topological polar surface area (TPSA) is 84.8 Å². The van der Waals surface area contributed by atoms with Gasteiger partial charge in [-0.3, -0.25) is 14.6 Å². The molecule has 4 aromatic rings. The molecule has 7 nitrogen and oxygen atoms in total. The summed E-state index contributed by atoms with van der Waals surface area (Å²) in [5.41, 5.74) is 4.55. The van der Waals surface area contributed by atoms with Crippen molar-refractivity contribution in [1.29, 1.82) is 0 Å². The van der Waals surface area contributed by atoms with Crippen molar-refractivity contribution < 1.29 is 18.3 Å². The molecule has 2 heterocycles. The van der Waals surface area contributed by atoms with Crippen LogP contribution >= 0.6 is 11.6 Å². The highest BCUT2D eigenvalue weighted by atomic mass is 35.5. The maximum Gasteiger partial charge on any atom is 0.387 e. The van der Waals surface area contributed by atoms with Crippen molar-refractivity contribution in [3.8, 4) is 17.0 Å². The largest absolute Gasteiger partial charge is 0.435 e. The smallest absolute Gasteiger partial charge is 0.387 e. The third kappa shape index (κ3) is 5.20. The maximum atomic E-state index is 12.8. The van der Waals surface area contributed by atoms with Crippen LogP contribution in [-0.2, 0) is 6.54 Å². The van der Waals surface area contributed by atoms with Crippen molar-refractivity contribution in [3.63, 3.8) is 0 Å². The number of aryl methyl sites for hydroxylation is 1. The number of halogens is 3. The van der Waals surface area contributed by atoms with Gasteiger partial charge in [0.05, 0.1) is 29.3 Å². The van der Waals surface area contributed by atoms with Crippen molar-refractivity contribution >= 4 is 23.2 Å². The first-order valence-corrected chi connectivity index (χ1v) is 10.4. The zero-order valence-corrected chi connectivity index (χ0v) is 18.5. The highest BCUT2D eigenvalue weighted by molar-refractivity contribution is 6.30. The predicted molar refractivity (Wildman–Crippen MR) is 121 cm³/mol. The van der Waals surface area contributed by atoms with E-state index in [9.17, 15) is 13.6 Å². The van der Waals surface area contributed by atoms with E-state index in [1.165, 1.54) is 12.1 Å². The molecule has 0 aliphatic carbocycles. The van der Waals surface area contributed by atoms with Crippen LogP contribution in [0.2, 0.25) is 5.02 Å². The summed E-state index contributed by atoms with van der Waals surface area (Å²) in [6.07, 6.45) is 0. The number of alkyl halides is 2. The quantitative estimate of drug-likeness (QED) is 0.375. The summed E-state index contributed by atoms with van der Waals surface area (Å²) in [7, 11) is 0. The van der Waals surface area contributed by atoms with Gasteiger partial charge in [0.25, 0.3) is 5.91 Å². The number of nitrogens with zero attached hydrogens (tertiary/aromatic N) is 3. The molecule has 10 heteroatoms. The zero-order chi connectivity index (χ0) is 23.5. The van der Waals surface area contributed by atoms with Crippen molar-refractivity contribution in [2.75, 3.05) is 5.32 Å². The van der Waals surface area contributed by atoms with E-state index in [-0.39, 0.29) is 17.4 Å². The highest BCUT2D eigenvalue weighted by Gasteiger charge is 2.17. The molecule has 170 valence electrons. The standard InChI is InChI=1S/C23H20ClF2N5O2/c1-13-21(14(2)31(30-13)12-15-3-7-17(24)8-4-15)27-22(32)20-11-19(28-29-20)16-5-9-18(10-6-16)33-23(25)26/h3-11,23H,12H2,1-2H3,(H,27,32)(H,28,29). The summed E-state index contributed by atoms with van der Waals surface area (Å²) in [5, 5.41) is 14.9. The fraction of sp³-hybridized carbons (Fsp3) is 0.174. The highest BCUT2D eigenvalue weighted by Crippen LogP contribution is 2.24. The summed E-state index contributed by atoms with van der Waals surface area (Å²) >= 11 is 5.95. The number of carbonyl (C=O) groups excluding carboxylic acids is 1. The summed E-state index contributed by atoms with van der Waals surface area (Å²) in [4.78, 5) is 12.8. The minimum absolute atomic E-state index is 0.0452. The van der Waals surface area contributed by atoms with Gasteiger partial charge in [0.2, 0.25) is 0 Å². The number of rotatable bonds is 7. The van der Waals surface area contributed by atoms with Crippen LogP contribution in [0.5, 0.6) is 5.75 Å². The third-order valence-corrected chi connectivity index (χ3v) is 5.32. The Kier molecular flexibility index (Phi) is 6.41. The first-order chi connectivity index (χ1) is 15.8. The van der Waals surface area contributed by atoms with Gasteiger partial charge in [-0.2, -0.15) is 19.0 Å². The molecule has 0 saturated carbocycles. The van der Waals surface area contributed by atoms with Gasteiger partial charge >= 0.3 is 6.61 Å². The van der Waals surface area contributed by atoms with Crippen molar-refractivity contribution in [1.82, 2.24) is 20.0 Å². The lowest BCUT2D eigenvalue weighted by Gasteiger charge is -2.07. The molecule has 2 N–H and O–H groups in total. The second kappa shape index (κ2) is 9.41. The molecule has 0 unspecified atom stereocenters. The van der Waals surface area contributed by atoms with Crippen LogP contribution in [0.4, 0.5) is 14.5 Å². The first-order valence-electron chi connectivity index (χ1n) is 10.0. The van der Waals surface area contributed by atoms with Crippen LogP contribution in [0.15, 0.2) is 54.6 Å². The lowest BCUT2D eigenvalue weighted by Crippen LogP contribution is -2.14. The number of carbonyl (C=O) groups is 1. The Bertz CT molecular complexity index is 1270. The molecule has 2 aromatic heterocycles. The molecule has 4 rings (SSSR count). The Morgan fingerprint density at radius 2 is 1.85 bits per heavy atom. The van der Waals surface area contributed by atoms with Crippen molar-refractivity contribution in [2.24, 2.45) is 0 Å². The van der Waals surface area contributed by atoms with Gasteiger partial charge in [0.1, 0.15) is 11.4 Å². The van der Waals surface area contributed by atoms with Gasteiger partial charge in [-0.1, -0.05) is 23.7 Å². The molecule has 0 atom stereocenters. The molecule has 2 aromatic carbocycles. The number of aromatic nitrogens is 4. The zero-order valence-electron chi connectivity index (χ0n) is 17.8. The first kappa shape index (κ1) is 22.5. The lowest BCUT2D eigenvalue weighted by atomic mass is 10.1. The summed E-state index contributed by atoms with van der Waals surface area (Å²) in [6, 6.07) is 15.1. The predicted octanol–water partition coefficient (Wildman–Crippen LogP) is 5.45. The van der Waals surface area contributed by atoms with E-state index in [4.69, 9.17) is 11.6 Å². The molecule has 1 amide bonds. The Hall–Kier alpha value is -3.72. The minimum atomic E-state index is -2.89. The van der Waals surface area contributed by atoms with E-state index in [2.05, 4.69) is 25.3 Å². The number of hydrogen-bond acceptors (Lipinski definition) is 4. The number of anilines is 1. The second-order valence-electron chi connectivity index (χ2n) is 7.35. The Morgan fingerprint density at radius 1 is 1.15 bits per heavy atom. The van der Waals surface area contributed by atoms with Crippen LogP contribution in [-0.4, -0.2) is 32.5 Å². The molecular formula is C23H20ClF2N5O2. The van der Waals surface area contributed by atoms with E-state index in [0.29, 0.717) is 34.2 Å². The Morgan fingerprint density at radius 3 is 2.52 bits per heavy atom. The van der Waals surface area contributed by atoms with Crippen LogP contribution in [0.25, 0.3) is 11.3 Å². The lowest BCUT2D eigenvalue weighted by molar-refractivity contribution is -0.0498. The van der Waals surface area contributed by atoms with E-state index < -0.39 is 6.61 Å². The monoisotopic (exact) mass is 471 g/mol. The van der Waals surface area contributed by atoms with Gasteiger partial charge < -0.3 is 10.1 Å². The molecule has 0 fully saturated rings. The molecule has 0 saturated heterocycles. The fourth-order valence-corrected chi connectivity index (χ4v) is 3.49. The third-order valence-electron chi connectivity index (χ3n) is 5.06. The van der Waals surface area contributed by atoms with E-state index in [1.54, 1.807) is 18.2 Å². The normalized spacial score (nSPS) is 11.1. The number of nitrogens with one attached hydrogen (secondary N) is 2. The Labute approximate surface area is 193 Å². The molecule has 0 bridgehead atoms. The summed E-state index contributed by atoms with van der Waals surface area (Å²) < 4.78 is 30.8. The Balaban J connectivity index is 1.47. The van der Waals surface area contributed by atoms with Crippen LogP contribution < -0.4 is 10.1 Å². The molecule has 0 spiro atoms. The fourth-order valence-electron chi connectivity index (χ4n) is 3.37. The van der Waals surface area contributed by atoms with Gasteiger partial charge in [0.15, 0.2) is 0 Å². The molecule has 0 aliphatic rings. The van der Waals surface area contributed by atoms with Gasteiger partial charge in [-0.05, 0) is 61.9 Å². The van der Waals surface area contributed by atoms with Crippen LogP contribution in [0.3, 0.4) is 0 Å². The summed E-state index contributed by atoms with van der Waals surface area (Å²) in [5.74, 6) is -0.326. The number of ether oxygens (including phenoxy) is 1. The van der Waals surface area contributed by atoms with Crippen LogP contribution in [0, 0.1) is 13.8 Å². The van der Waals surface area contributed by atoms with E-state index in [0.717, 1.165) is 11.3 Å². The SMILES string of the molecule is Cc1nn(Cc2ccc(Cl)cc2)c(C)c1NC(=O)c1cc(-c2ccc(OC(F)F)cc2)n[nH]1. The number of hydrogen-bond donors (Lipinski definition) is 2. The molecule has 33 heavy (non-hydrogen) atoms. The van der Waals surface area contributed by atoms with Crippen molar-refractivity contribution in [3.05, 3.63) is 82.3 Å². The van der Waals surface area contributed by atoms with Crippen LogP contribution in [0.1, 0.15) is 27.4 Å². The number of aromatic amines is 1. The van der Waals surface area contributed by atoms with E-state index >= 15 is 0 Å². The average molecular weight is 472 g/mol. The van der Waals surface area contributed by atoms with Gasteiger partial charge in [-0.15, -0.1) is 0 Å². The number of H-pyrrole nitrogens is 1. The number of amides is 1. The van der Waals surface area contributed by atoms with E-state index in [1.807, 2.05) is 42.8 Å². The van der Waals surface area contributed by atoms with Gasteiger partial charge in [0, 0.05) is 10.6 Å². The average Bonchev–Trinajstić information content (AvgIpc) is 3.37.